The molecule has 1 aromatic rings. The summed E-state index contributed by atoms with van der Waals surface area (Å²) in [6.07, 6.45) is 1.96. The molecule has 1 aromatic heterocycles. The van der Waals surface area contributed by atoms with E-state index in [9.17, 15) is 9.18 Å². The number of carbonyl (C=O) groups excluding carboxylic acids is 1. The van der Waals surface area contributed by atoms with Gasteiger partial charge in [0.25, 0.3) is 5.91 Å². The first-order valence-corrected chi connectivity index (χ1v) is 4.90. The van der Waals surface area contributed by atoms with Crippen LogP contribution in [0.3, 0.4) is 0 Å². The van der Waals surface area contributed by atoms with E-state index >= 15 is 0 Å². The summed E-state index contributed by atoms with van der Waals surface area (Å²) in [5.41, 5.74) is 5.31. The van der Waals surface area contributed by atoms with Gasteiger partial charge in [-0.25, -0.2) is 4.98 Å². The number of nitrogens with zero attached hydrogens (tertiary/aromatic N) is 2. The predicted molar refractivity (Wildman–Crippen MR) is 53.7 cm³/mol. The smallest absolute Gasteiger partial charge is 0.258 e. The Morgan fingerprint density at radius 1 is 1.40 bits per heavy atom. The molecule has 0 aromatic carbocycles. The molecule has 1 aliphatic heterocycles. The molecule has 0 saturated carbocycles. The van der Waals surface area contributed by atoms with Gasteiger partial charge in [-0.05, 0) is 25.0 Å². The number of halogens is 1. The van der Waals surface area contributed by atoms with Gasteiger partial charge in [0.05, 0.1) is 5.56 Å². The molecule has 1 amide bonds. The Kier molecular flexibility index (Phi) is 2.53. The van der Waals surface area contributed by atoms with Crippen LogP contribution in [0.15, 0.2) is 12.1 Å². The fourth-order valence-corrected chi connectivity index (χ4v) is 1.70. The molecule has 5 heteroatoms. The summed E-state index contributed by atoms with van der Waals surface area (Å²) in [5.74, 6) is -0.991. The van der Waals surface area contributed by atoms with E-state index in [-0.39, 0.29) is 17.3 Å². The molecule has 0 bridgehead atoms. The van der Waals surface area contributed by atoms with E-state index in [0.29, 0.717) is 13.1 Å². The zero-order valence-electron chi connectivity index (χ0n) is 8.24. The molecule has 15 heavy (non-hydrogen) atoms. The number of hydrogen-bond donors (Lipinski definition) is 1. The van der Waals surface area contributed by atoms with Crippen LogP contribution in [-0.2, 0) is 0 Å². The average molecular weight is 209 g/mol. The summed E-state index contributed by atoms with van der Waals surface area (Å²) >= 11 is 0. The average Bonchev–Trinajstić information content (AvgIpc) is 2.69. The van der Waals surface area contributed by atoms with Crippen molar-refractivity contribution >= 4 is 11.7 Å². The normalized spacial score (nSPS) is 15.7. The molecule has 2 N–H and O–H groups in total. The second kappa shape index (κ2) is 3.84. The Balaban J connectivity index is 2.24. The lowest BCUT2D eigenvalue weighted by Crippen LogP contribution is -2.28. The molecule has 0 aliphatic carbocycles. The number of pyridine rings is 1. The standard InChI is InChI=1S/C10H12FN3O/c11-9-7(3-4-8(12)13-9)10(15)14-5-1-2-6-14/h3-4H,1-2,5-6H2,(H2,12,13). The van der Waals surface area contributed by atoms with Gasteiger partial charge in [-0.2, -0.15) is 4.39 Å². The van der Waals surface area contributed by atoms with Crippen LogP contribution in [0.25, 0.3) is 0 Å². The third-order valence-electron chi connectivity index (χ3n) is 2.49. The first-order valence-electron chi connectivity index (χ1n) is 4.90. The maximum absolute atomic E-state index is 13.3. The van der Waals surface area contributed by atoms with Crippen LogP contribution in [0.1, 0.15) is 23.2 Å². The van der Waals surface area contributed by atoms with E-state index in [1.807, 2.05) is 0 Å². The maximum atomic E-state index is 13.3. The molecule has 0 spiro atoms. The quantitative estimate of drug-likeness (QED) is 0.703. The topological polar surface area (TPSA) is 59.2 Å². The second-order valence-electron chi connectivity index (χ2n) is 3.57. The molecule has 0 unspecified atom stereocenters. The molecule has 2 rings (SSSR count). The predicted octanol–water partition coefficient (Wildman–Crippen LogP) is 1.04. The van der Waals surface area contributed by atoms with E-state index in [2.05, 4.69) is 4.98 Å². The van der Waals surface area contributed by atoms with Crippen molar-refractivity contribution in [1.29, 1.82) is 0 Å². The van der Waals surface area contributed by atoms with Crippen LogP contribution in [-0.4, -0.2) is 28.9 Å². The van der Waals surface area contributed by atoms with Crippen molar-refractivity contribution < 1.29 is 9.18 Å². The van der Waals surface area contributed by atoms with Crippen molar-refractivity contribution in [3.05, 3.63) is 23.6 Å². The van der Waals surface area contributed by atoms with Crippen LogP contribution in [0.5, 0.6) is 0 Å². The Hall–Kier alpha value is -1.65. The summed E-state index contributed by atoms with van der Waals surface area (Å²) < 4.78 is 13.3. The number of nitrogen functional groups attached to an aromatic ring is 1. The van der Waals surface area contributed by atoms with E-state index in [1.165, 1.54) is 12.1 Å². The number of likely N-dealkylation sites (tertiary alicyclic amines) is 1. The number of amides is 1. The van der Waals surface area contributed by atoms with E-state index in [0.717, 1.165) is 12.8 Å². The molecule has 1 saturated heterocycles. The van der Waals surface area contributed by atoms with E-state index < -0.39 is 5.95 Å². The minimum absolute atomic E-state index is 0.00565. The van der Waals surface area contributed by atoms with E-state index in [4.69, 9.17) is 5.73 Å². The maximum Gasteiger partial charge on any atom is 0.258 e. The molecule has 0 atom stereocenters. The number of nitrogens with two attached hydrogens (primary N) is 1. The third kappa shape index (κ3) is 1.91. The molecule has 4 nitrogen and oxygen atoms in total. The SMILES string of the molecule is Nc1ccc(C(=O)N2CCCC2)c(F)n1. The van der Waals surface area contributed by atoms with E-state index in [1.54, 1.807) is 4.90 Å². The van der Waals surface area contributed by atoms with Crippen LogP contribution < -0.4 is 5.73 Å². The molecule has 1 fully saturated rings. The number of aromatic nitrogens is 1. The van der Waals surface area contributed by atoms with Crippen molar-refractivity contribution in [1.82, 2.24) is 9.88 Å². The Bertz CT molecular complexity index is 388. The molecular weight excluding hydrogens is 197 g/mol. The van der Waals surface area contributed by atoms with Crippen molar-refractivity contribution in [3.8, 4) is 0 Å². The first kappa shape index (κ1) is 9.89. The molecular formula is C10H12FN3O. The van der Waals surface area contributed by atoms with Crippen molar-refractivity contribution in [2.45, 2.75) is 12.8 Å². The van der Waals surface area contributed by atoms with Crippen LogP contribution in [0.4, 0.5) is 10.2 Å². The summed E-state index contributed by atoms with van der Waals surface area (Å²) in [6.45, 7) is 1.39. The van der Waals surface area contributed by atoms with Gasteiger partial charge < -0.3 is 10.6 Å². The minimum Gasteiger partial charge on any atom is -0.384 e. The molecule has 80 valence electrons. The van der Waals surface area contributed by atoms with Crippen molar-refractivity contribution in [2.24, 2.45) is 0 Å². The lowest BCUT2D eigenvalue weighted by Gasteiger charge is -2.15. The summed E-state index contributed by atoms with van der Waals surface area (Å²) in [5, 5.41) is 0. The highest BCUT2D eigenvalue weighted by atomic mass is 19.1. The Morgan fingerprint density at radius 3 is 2.67 bits per heavy atom. The number of carbonyl (C=O) groups is 1. The van der Waals surface area contributed by atoms with Gasteiger partial charge in [0, 0.05) is 13.1 Å². The van der Waals surface area contributed by atoms with Gasteiger partial charge >= 0.3 is 0 Å². The van der Waals surface area contributed by atoms with Gasteiger partial charge in [0.2, 0.25) is 5.95 Å². The van der Waals surface area contributed by atoms with Crippen LogP contribution in [0.2, 0.25) is 0 Å². The number of hydrogen-bond acceptors (Lipinski definition) is 3. The molecule has 0 radical (unpaired) electrons. The van der Waals surface area contributed by atoms with Gasteiger partial charge in [0.1, 0.15) is 5.82 Å². The number of anilines is 1. The van der Waals surface area contributed by atoms with Crippen molar-refractivity contribution in [3.63, 3.8) is 0 Å². The van der Waals surface area contributed by atoms with Gasteiger partial charge in [-0.15, -0.1) is 0 Å². The van der Waals surface area contributed by atoms with Crippen LogP contribution >= 0.6 is 0 Å². The highest BCUT2D eigenvalue weighted by molar-refractivity contribution is 5.94. The summed E-state index contributed by atoms with van der Waals surface area (Å²) in [7, 11) is 0. The second-order valence-corrected chi connectivity index (χ2v) is 3.57. The first-order chi connectivity index (χ1) is 7.18. The lowest BCUT2D eigenvalue weighted by molar-refractivity contribution is 0.0787. The Labute approximate surface area is 86.9 Å². The highest BCUT2D eigenvalue weighted by Gasteiger charge is 2.22. The third-order valence-corrected chi connectivity index (χ3v) is 2.49. The number of rotatable bonds is 1. The fraction of sp³-hybridized carbons (Fsp3) is 0.400. The molecule has 2 heterocycles. The largest absolute Gasteiger partial charge is 0.384 e. The monoisotopic (exact) mass is 209 g/mol. The summed E-state index contributed by atoms with van der Waals surface area (Å²) in [4.78, 5) is 16.8. The van der Waals surface area contributed by atoms with Crippen LogP contribution in [0, 0.1) is 5.95 Å². The Morgan fingerprint density at radius 2 is 2.07 bits per heavy atom. The minimum atomic E-state index is -0.785. The van der Waals surface area contributed by atoms with Gasteiger partial charge in [-0.3, -0.25) is 4.79 Å². The van der Waals surface area contributed by atoms with Gasteiger partial charge in [0.15, 0.2) is 0 Å². The van der Waals surface area contributed by atoms with Crippen molar-refractivity contribution in [2.75, 3.05) is 18.8 Å². The van der Waals surface area contributed by atoms with Gasteiger partial charge in [-0.1, -0.05) is 0 Å². The fourth-order valence-electron chi connectivity index (χ4n) is 1.70. The zero-order chi connectivity index (χ0) is 10.8. The molecule has 1 aliphatic rings. The highest BCUT2D eigenvalue weighted by Crippen LogP contribution is 2.15. The lowest BCUT2D eigenvalue weighted by atomic mass is 10.2. The zero-order valence-corrected chi connectivity index (χ0v) is 8.24. The summed E-state index contributed by atoms with van der Waals surface area (Å²) in [6, 6.07) is 2.82.